The number of thioether (sulfide) groups is 1. The summed E-state index contributed by atoms with van der Waals surface area (Å²) in [6.07, 6.45) is 4.97. The molecule has 5 nitrogen and oxygen atoms in total. The SMILES string of the molecule is CC12CCC(=O)N1C(C(=O)NCCC1CCCNC1)CS2. The van der Waals surface area contributed by atoms with E-state index in [-0.39, 0.29) is 22.7 Å². The van der Waals surface area contributed by atoms with Gasteiger partial charge in [0.15, 0.2) is 0 Å². The van der Waals surface area contributed by atoms with E-state index in [2.05, 4.69) is 17.6 Å². The van der Waals surface area contributed by atoms with Gasteiger partial charge in [-0.15, -0.1) is 11.8 Å². The topological polar surface area (TPSA) is 61.4 Å². The third-order valence-electron chi connectivity index (χ3n) is 5.00. The molecule has 0 spiro atoms. The molecule has 3 aliphatic heterocycles. The summed E-state index contributed by atoms with van der Waals surface area (Å²) in [6, 6.07) is -0.264. The summed E-state index contributed by atoms with van der Waals surface area (Å²) in [6.45, 7) is 5.00. The van der Waals surface area contributed by atoms with Crippen LogP contribution in [0.1, 0.15) is 39.0 Å². The van der Waals surface area contributed by atoms with E-state index < -0.39 is 0 Å². The predicted octanol–water partition coefficient (Wildman–Crippen LogP) is 0.946. The van der Waals surface area contributed by atoms with Crippen molar-refractivity contribution in [1.82, 2.24) is 15.5 Å². The molecule has 3 atom stereocenters. The number of nitrogens with one attached hydrogen (secondary N) is 2. The van der Waals surface area contributed by atoms with Crippen LogP contribution in [0.25, 0.3) is 0 Å². The van der Waals surface area contributed by atoms with Crippen LogP contribution < -0.4 is 10.6 Å². The summed E-state index contributed by atoms with van der Waals surface area (Å²) in [5, 5.41) is 6.45. The van der Waals surface area contributed by atoms with Crippen LogP contribution in [0.5, 0.6) is 0 Å². The summed E-state index contributed by atoms with van der Waals surface area (Å²) < 4.78 is 0. The molecule has 3 saturated heterocycles. The van der Waals surface area contributed by atoms with Gasteiger partial charge in [0.1, 0.15) is 6.04 Å². The number of piperidine rings is 1. The van der Waals surface area contributed by atoms with Gasteiger partial charge in [-0.05, 0) is 51.6 Å². The van der Waals surface area contributed by atoms with Gasteiger partial charge in [0.25, 0.3) is 0 Å². The largest absolute Gasteiger partial charge is 0.354 e. The monoisotopic (exact) mass is 311 g/mol. The maximum absolute atomic E-state index is 12.4. The molecule has 6 heteroatoms. The van der Waals surface area contributed by atoms with Gasteiger partial charge >= 0.3 is 0 Å². The fourth-order valence-corrected chi connectivity index (χ4v) is 5.13. The van der Waals surface area contributed by atoms with Crippen molar-refractivity contribution in [3.05, 3.63) is 0 Å². The minimum absolute atomic E-state index is 0.0326. The van der Waals surface area contributed by atoms with E-state index in [4.69, 9.17) is 0 Å². The van der Waals surface area contributed by atoms with E-state index in [1.807, 2.05) is 4.90 Å². The lowest BCUT2D eigenvalue weighted by Gasteiger charge is -2.30. The van der Waals surface area contributed by atoms with E-state index in [0.29, 0.717) is 12.3 Å². The molecular formula is C15H25N3O2S. The highest BCUT2D eigenvalue weighted by Crippen LogP contribution is 2.47. The molecule has 0 bridgehead atoms. The van der Waals surface area contributed by atoms with Gasteiger partial charge in [-0.1, -0.05) is 0 Å². The summed E-state index contributed by atoms with van der Waals surface area (Å²) in [7, 11) is 0. The average Bonchev–Trinajstić information content (AvgIpc) is 2.97. The molecule has 118 valence electrons. The zero-order valence-electron chi connectivity index (χ0n) is 12.7. The highest BCUT2D eigenvalue weighted by Gasteiger charge is 2.52. The van der Waals surface area contributed by atoms with Crippen molar-refractivity contribution in [2.24, 2.45) is 5.92 Å². The molecule has 3 fully saturated rings. The highest BCUT2D eigenvalue weighted by atomic mass is 32.2. The van der Waals surface area contributed by atoms with E-state index in [9.17, 15) is 9.59 Å². The molecule has 3 aliphatic rings. The van der Waals surface area contributed by atoms with Crippen LogP contribution >= 0.6 is 11.8 Å². The number of carbonyl (C=O) groups is 2. The van der Waals surface area contributed by atoms with Gasteiger partial charge in [0.2, 0.25) is 11.8 Å². The zero-order chi connectivity index (χ0) is 14.9. The van der Waals surface area contributed by atoms with Gasteiger partial charge in [-0.3, -0.25) is 9.59 Å². The van der Waals surface area contributed by atoms with Crippen LogP contribution in [0.3, 0.4) is 0 Å². The number of carbonyl (C=O) groups excluding carboxylic acids is 2. The van der Waals surface area contributed by atoms with Crippen LogP contribution in [0, 0.1) is 5.92 Å². The molecule has 2 amide bonds. The lowest BCUT2D eigenvalue weighted by atomic mass is 9.96. The minimum atomic E-state index is -0.264. The third kappa shape index (κ3) is 3.06. The smallest absolute Gasteiger partial charge is 0.243 e. The van der Waals surface area contributed by atoms with Crippen molar-refractivity contribution in [3.8, 4) is 0 Å². The molecule has 0 saturated carbocycles. The quantitative estimate of drug-likeness (QED) is 0.811. The molecule has 3 unspecified atom stereocenters. The number of nitrogens with zero attached hydrogens (tertiary/aromatic N) is 1. The fraction of sp³-hybridized carbons (Fsp3) is 0.867. The number of hydrogen-bond acceptors (Lipinski definition) is 4. The van der Waals surface area contributed by atoms with Gasteiger partial charge in [-0.25, -0.2) is 0 Å². The maximum Gasteiger partial charge on any atom is 0.243 e. The number of hydrogen-bond donors (Lipinski definition) is 2. The molecule has 0 aromatic heterocycles. The second kappa shape index (κ2) is 6.16. The molecule has 3 heterocycles. The Balaban J connectivity index is 1.48. The second-order valence-electron chi connectivity index (χ2n) is 6.56. The first-order valence-electron chi connectivity index (χ1n) is 8.05. The first-order chi connectivity index (χ1) is 10.1. The van der Waals surface area contributed by atoms with Gasteiger partial charge < -0.3 is 15.5 Å². The van der Waals surface area contributed by atoms with Crippen LogP contribution in [0.2, 0.25) is 0 Å². The Hall–Kier alpha value is -0.750. The molecular weight excluding hydrogens is 286 g/mol. The normalized spacial score (nSPS) is 35.9. The van der Waals surface area contributed by atoms with Crippen molar-refractivity contribution < 1.29 is 9.59 Å². The Kier molecular flexibility index (Phi) is 4.45. The number of fused-ring (bicyclic) bond motifs is 1. The first-order valence-corrected chi connectivity index (χ1v) is 9.03. The summed E-state index contributed by atoms with van der Waals surface area (Å²) in [5.41, 5.74) is 0. The minimum Gasteiger partial charge on any atom is -0.354 e. The summed E-state index contributed by atoms with van der Waals surface area (Å²) in [4.78, 5) is 26.1. The van der Waals surface area contributed by atoms with Gasteiger partial charge in [0.05, 0.1) is 4.87 Å². The van der Waals surface area contributed by atoms with Gasteiger partial charge in [-0.2, -0.15) is 0 Å². The second-order valence-corrected chi connectivity index (χ2v) is 8.06. The first kappa shape index (κ1) is 15.2. The van der Waals surface area contributed by atoms with E-state index >= 15 is 0 Å². The van der Waals surface area contributed by atoms with Crippen molar-refractivity contribution in [3.63, 3.8) is 0 Å². The third-order valence-corrected chi connectivity index (χ3v) is 6.50. The van der Waals surface area contributed by atoms with Crippen molar-refractivity contribution in [1.29, 1.82) is 0 Å². The van der Waals surface area contributed by atoms with Crippen molar-refractivity contribution in [2.45, 2.75) is 49.9 Å². The van der Waals surface area contributed by atoms with E-state index in [1.54, 1.807) is 11.8 Å². The zero-order valence-corrected chi connectivity index (χ0v) is 13.5. The van der Waals surface area contributed by atoms with E-state index in [1.165, 1.54) is 12.8 Å². The van der Waals surface area contributed by atoms with Gasteiger partial charge in [0, 0.05) is 18.7 Å². The van der Waals surface area contributed by atoms with E-state index in [0.717, 1.165) is 38.2 Å². The predicted molar refractivity (Wildman–Crippen MR) is 84.0 cm³/mol. The van der Waals surface area contributed by atoms with Crippen LogP contribution in [0.15, 0.2) is 0 Å². The standard InChI is InChI=1S/C15H25N3O2S/c1-15-6-4-13(19)18(15)12(10-21-15)14(20)17-8-5-11-3-2-7-16-9-11/h11-12,16H,2-10H2,1H3,(H,17,20). The Labute approximate surface area is 130 Å². The molecule has 0 aliphatic carbocycles. The Morgan fingerprint density at radius 3 is 3.19 bits per heavy atom. The number of rotatable bonds is 4. The Morgan fingerprint density at radius 2 is 2.43 bits per heavy atom. The lowest BCUT2D eigenvalue weighted by Crippen LogP contribution is -2.50. The highest BCUT2D eigenvalue weighted by molar-refractivity contribution is 8.01. The fourth-order valence-electron chi connectivity index (χ4n) is 3.70. The molecule has 21 heavy (non-hydrogen) atoms. The molecule has 0 aromatic carbocycles. The number of amides is 2. The van der Waals surface area contributed by atoms with Crippen molar-refractivity contribution in [2.75, 3.05) is 25.4 Å². The molecule has 0 radical (unpaired) electrons. The lowest BCUT2D eigenvalue weighted by molar-refractivity contribution is -0.137. The van der Waals surface area contributed by atoms with Crippen LogP contribution in [-0.4, -0.2) is 53.0 Å². The average molecular weight is 311 g/mol. The summed E-state index contributed by atoms with van der Waals surface area (Å²) >= 11 is 1.75. The Morgan fingerprint density at radius 1 is 1.57 bits per heavy atom. The van der Waals surface area contributed by atoms with Crippen LogP contribution in [-0.2, 0) is 9.59 Å². The van der Waals surface area contributed by atoms with Crippen LogP contribution in [0.4, 0.5) is 0 Å². The molecule has 3 rings (SSSR count). The maximum atomic E-state index is 12.4. The Bertz CT molecular complexity index is 425. The molecule has 0 aromatic rings. The summed E-state index contributed by atoms with van der Waals surface area (Å²) in [5.74, 6) is 1.58. The van der Waals surface area contributed by atoms with Crippen molar-refractivity contribution >= 4 is 23.6 Å². The molecule has 2 N–H and O–H groups in total.